The highest BCUT2D eigenvalue weighted by Gasteiger charge is 2.55. The lowest BCUT2D eigenvalue weighted by Gasteiger charge is -2.57. The third-order valence-corrected chi connectivity index (χ3v) is 24.0. The van der Waals surface area contributed by atoms with Gasteiger partial charge in [-0.1, -0.05) is 152 Å². The van der Waals surface area contributed by atoms with Crippen LogP contribution in [-0.2, 0) is 27.1 Å². The molecule has 3 heterocycles. The normalized spacial score (nSPS) is 28.1. The first kappa shape index (κ1) is 48.0. The molecule has 0 amide bonds. The maximum atomic E-state index is 2.93. The van der Waals surface area contributed by atoms with Crippen molar-refractivity contribution in [2.45, 2.75) is 153 Å². The SMILES string of the molecule is CC(C)(C)c1ccc(N2c3cc4c(cc3B3c5c(cc(-c6ccccc6)cc52)-c2cc(C56CC7CC(CC(C7)C5)C6)cc5c6cc(C78CC9CC(CC(C9)C7)C8)ccc6n3c25)C(C)(C)c2ccccc2C4(C)C)c(-c2ccccc2)c1. The van der Waals surface area contributed by atoms with Gasteiger partial charge in [0.1, 0.15) is 0 Å². The monoisotopic (exact) mass is 1050 g/mol. The molecule has 9 aliphatic carbocycles. The van der Waals surface area contributed by atoms with Gasteiger partial charge in [-0.2, -0.15) is 0 Å². The summed E-state index contributed by atoms with van der Waals surface area (Å²) in [5.74, 6) is 5.30. The maximum Gasteiger partial charge on any atom is 0.333 e. The van der Waals surface area contributed by atoms with Gasteiger partial charge in [-0.3, -0.25) is 0 Å². The molecule has 2 nitrogen and oxygen atoms in total. The quantitative estimate of drug-likeness (QED) is 0.156. The van der Waals surface area contributed by atoms with Crippen LogP contribution in [0, 0.1) is 35.5 Å². The Kier molecular flexibility index (Phi) is 9.57. The molecule has 0 spiro atoms. The van der Waals surface area contributed by atoms with Crippen molar-refractivity contribution in [3.8, 4) is 33.4 Å². The summed E-state index contributed by atoms with van der Waals surface area (Å²) < 4.78 is 2.93. The number of aromatic nitrogens is 1. The number of fused-ring (bicyclic) bond motifs is 9. The molecule has 8 aromatic carbocycles. The number of nitrogens with zero attached hydrogens (tertiary/aromatic N) is 2. The molecule has 8 saturated carbocycles. The molecule has 20 rings (SSSR count). The number of hydrogen-bond donors (Lipinski definition) is 0. The highest BCUT2D eigenvalue weighted by molar-refractivity contribution is 6.90. The van der Waals surface area contributed by atoms with Crippen LogP contribution in [0.5, 0.6) is 0 Å². The van der Waals surface area contributed by atoms with E-state index in [9.17, 15) is 0 Å². The molecule has 402 valence electrons. The Morgan fingerprint density at radius 3 is 1.56 bits per heavy atom. The minimum atomic E-state index is -0.230. The third-order valence-electron chi connectivity index (χ3n) is 24.0. The van der Waals surface area contributed by atoms with Crippen LogP contribution in [0.2, 0.25) is 0 Å². The molecule has 2 aliphatic heterocycles. The summed E-state index contributed by atoms with van der Waals surface area (Å²) >= 11 is 0. The Bertz CT molecular complexity index is 4110. The molecular weight excluding hydrogens is 976 g/mol. The van der Waals surface area contributed by atoms with Gasteiger partial charge in [0.2, 0.25) is 0 Å². The Morgan fingerprint density at radius 1 is 0.420 bits per heavy atom. The van der Waals surface area contributed by atoms with Gasteiger partial charge in [0.25, 0.3) is 0 Å². The number of benzene rings is 8. The van der Waals surface area contributed by atoms with Gasteiger partial charge in [0.15, 0.2) is 0 Å². The van der Waals surface area contributed by atoms with Crippen LogP contribution in [0.1, 0.15) is 164 Å². The second-order valence-electron chi connectivity index (χ2n) is 30.6. The molecule has 1 aromatic heterocycles. The molecule has 8 fully saturated rings. The average Bonchev–Trinajstić information content (AvgIpc) is 3.87. The minimum absolute atomic E-state index is 0.0318. The van der Waals surface area contributed by atoms with E-state index in [4.69, 9.17) is 0 Å². The molecule has 0 saturated heterocycles. The zero-order chi connectivity index (χ0) is 54.3. The summed E-state index contributed by atoms with van der Waals surface area (Å²) in [6, 6.07) is 64.1. The van der Waals surface area contributed by atoms with E-state index in [-0.39, 0.29) is 28.5 Å². The molecule has 0 atom stereocenters. The van der Waals surface area contributed by atoms with Crippen molar-refractivity contribution >= 4 is 56.6 Å². The first-order chi connectivity index (χ1) is 39.1. The summed E-state index contributed by atoms with van der Waals surface area (Å²) in [6.07, 6.45) is 17.0. The zero-order valence-electron chi connectivity index (χ0n) is 48.9. The molecular formula is C78H77BN2. The van der Waals surface area contributed by atoms with Crippen molar-refractivity contribution in [1.82, 2.24) is 4.48 Å². The molecule has 11 aliphatic rings. The highest BCUT2D eigenvalue weighted by atomic mass is 15.2. The molecule has 0 radical (unpaired) electrons. The van der Waals surface area contributed by atoms with E-state index in [2.05, 4.69) is 216 Å². The van der Waals surface area contributed by atoms with Crippen LogP contribution in [0.3, 0.4) is 0 Å². The average molecular weight is 1050 g/mol. The lowest BCUT2D eigenvalue weighted by atomic mass is 9.43. The molecule has 8 bridgehead atoms. The predicted molar refractivity (Wildman–Crippen MR) is 340 cm³/mol. The van der Waals surface area contributed by atoms with Crippen LogP contribution in [0.25, 0.3) is 55.2 Å². The van der Waals surface area contributed by atoms with Crippen LogP contribution in [0.15, 0.2) is 158 Å². The van der Waals surface area contributed by atoms with E-state index in [0.29, 0.717) is 5.41 Å². The van der Waals surface area contributed by atoms with Crippen LogP contribution in [0.4, 0.5) is 17.1 Å². The van der Waals surface area contributed by atoms with E-state index in [1.165, 1.54) is 188 Å². The van der Waals surface area contributed by atoms with Gasteiger partial charge in [-0.25, -0.2) is 0 Å². The van der Waals surface area contributed by atoms with Gasteiger partial charge in [0.05, 0.1) is 5.69 Å². The Balaban J connectivity index is 0.985. The smallest absolute Gasteiger partial charge is 0.333 e. The van der Waals surface area contributed by atoms with Crippen molar-refractivity contribution in [2.24, 2.45) is 35.5 Å². The maximum absolute atomic E-state index is 2.93. The van der Waals surface area contributed by atoms with Crippen molar-refractivity contribution < 1.29 is 0 Å². The number of anilines is 3. The Morgan fingerprint density at radius 2 is 0.963 bits per heavy atom. The summed E-state index contributed by atoms with van der Waals surface area (Å²) in [6.45, 7) is 17.1. The number of hydrogen-bond acceptors (Lipinski definition) is 1. The van der Waals surface area contributed by atoms with Gasteiger partial charge in [0, 0.05) is 55.1 Å². The fourth-order valence-electron chi connectivity index (χ4n) is 21.1. The van der Waals surface area contributed by atoms with Crippen molar-refractivity contribution in [1.29, 1.82) is 0 Å². The summed E-state index contributed by atoms with van der Waals surface area (Å²) in [5.41, 5.74) is 28.1. The van der Waals surface area contributed by atoms with E-state index in [1.54, 1.807) is 11.1 Å². The molecule has 0 unspecified atom stereocenters. The lowest BCUT2D eigenvalue weighted by Crippen LogP contribution is -2.57. The van der Waals surface area contributed by atoms with Gasteiger partial charge in [-0.05, 0) is 256 Å². The summed E-state index contributed by atoms with van der Waals surface area (Å²) in [5, 5.41) is 3.02. The van der Waals surface area contributed by atoms with Crippen molar-refractivity contribution in [3.05, 3.63) is 197 Å². The fourth-order valence-corrected chi connectivity index (χ4v) is 21.1. The van der Waals surface area contributed by atoms with Crippen LogP contribution < -0.4 is 15.8 Å². The first-order valence-electron chi connectivity index (χ1n) is 31.8. The standard InChI is InChI=1S/C78H77BN2/c1-74(2,3)55-22-24-68(58(34-55)53-18-12-9-13-19-53)80-70-39-66-65(75(4,5)63-20-14-15-21-64(63)76(66,6)7)38-67(70)79-72-60(32-54(33-71(72)80)52-16-10-8-11-17-52)62-37-57(78-43-49-29-50(44-78)31-51(30-49)45-78)36-61-59-35-56(23-25-69(59)81(79)73(61)62)77-40-46-26-47(41-77)28-48(27-46)42-77/h8-25,32-39,46-51H,26-31,40-45H2,1-7H3. The third kappa shape index (κ3) is 6.59. The Hall–Kier alpha value is -6.58. The summed E-state index contributed by atoms with van der Waals surface area (Å²) in [7, 11) is 0. The minimum Gasteiger partial charge on any atom is -0.375 e. The zero-order valence-corrected chi connectivity index (χ0v) is 48.9. The molecule has 9 aromatic rings. The highest BCUT2D eigenvalue weighted by Crippen LogP contribution is 2.64. The van der Waals surface area contributed by atoms with Crippen LogP contribution in [-0.4, -0.2) is 11.3 Å². The second-order valence-corrected chi connectivity index (χ2v) is 30.6. The molecule has 3 heteroatoms. The van der Waals surface area contributed by atoms with Crippen LogP contribution >= 0.6 is 0 Å². The van der Waals surface area contributed by atoms with E-state index in [0.717, 1.165) is 35.5 Å². The largest absolute Gasteiger partial charge is 0.375 e. The first-order valence-corrected chi connectivity index (χ1v) is 31.8. The van der Waals surface area contributed by atoms with E-state index < -0.39 is 0 Å². The van der Waals surface area contributed by atoms with Gasteiger partial charge < -0.3 is 9.38 Å². The number of rotatable bonds is 5. The molecule has 0 N–H and O–H groups in total. The van der Waals surface area contributed by atoms with Crippen molar-refractivity contribution in [2.75, 3.05) is 4.90 Å². The van der Waals surface area contributed by atoms with Gasteiger partial charge in [-0.15, -0.1) is 0 Å². The van der Waals surface area contributed by atoms with E-state index >= 15 is 0 Å². The predicted octanol–water partition coefficient (Wildman–Crippen LogP) is 18.7. The lowest BCUT2D eigenvalue weighted by molar-refractivity contribution is -0.00527. The summed E-state index contributed by atoms with van der Waals surface area (Å²) in [4.78, 5) is 2.78. The van der Waals surface area contributed by atoms with E-state index in [1.807, 2.05) is 0 Å². The van der Waals surface area contributed by atoms with Gasteiger partial charge >= 0.3 is 6.85 Å². The molecule has 81 heavy (non-hydrogen) atoms. The topological polar surface area (TPSA) is 8.17 Å². The fraction of sp³-hybridized carbons (Fsp3) is 0.385. The Labute approximate surface area is 481 Å². The second kappa shape index (κ2) is 16.2. The van der Waals surface area contributed by atoms with Crippen molar-refractivity contribution in [3.63, 3.8) is 0 Å².